The van der Waals surface area contributed by atoms with Gasteiger partial charge in [-0.25, -0.2) is 0 Å². The van der Waals surface area contributed by atoms with Gasteiger partial charge in [-0.1, -0.05) is 37.6 Å². The van der Waals surface area contributed by atoms with Gasteiger partial charge < -0.3 is 10.2 Å². The lowest BCUT2D eigenvalue weighted by Gasteiger charge is -2.25. The van der Waals surface area contributed by atoms with Gasteiger partial charge in [0.2, 0.25) is 0 Å². The summed E-state index contributed by atoms with van der Waals surface area (Å²) >= 11 is 6.15. The van der Waals surface area contributed by atoms with Gasteiger partial charge in [-0.2, -0.15) is 0 Å². The summed E-state index contributed by atoms with van der Waals surface area (Å²) in [5.74, 6) is 0.841. The van der Waals surface area contributed by atoms with Crippen molar-refractivity contribution in [1.29, 1.82) is 0 Å². The molecular weight excluding hydrogens is 280 g/mol. The SMILES string of the molecule is CCCNC(CCN1CC(C)CC1C)c1cccc(Cl)c1. The van der Waals surface area contributed by atoms with Crippen LogP contribution in [0.5, 0.6) is 0 Å². The molecule has 1 N–H and O–H groups in total. The Balaban J connectivity index is 1.96. The minimum absolute atomic E-state index is 0.409. The smallest absolute Gasteiger partial charge is 0.0409 e. The van der Waals surface area contributed by atoms with E-state index >= 15 is 0 Å². The van der Waals surface area contributed by atoms with Gasteiger partial charge in [0.1, 0.15) is 0 Å². The predicted octanol–water partition coefficient (Wildman–Crippen LogP) is 4.50. The van der Waals surface area contributed by atoms with E-state index in [4.69, 9.17) is 11.6 Å². The first-order valence-electron chi connectivity index (χ1n) is 8.33. The number of halogens is 1. The first kappa shape index (κ1) is 16.8. The standard InChI is InChI=1S/C18H29ClN2/c1-4-9-20-18(16-6-5-7-17(19)12-16)8-10-21-13-14(2)11-15(21)3/h5-7,12,14-15,18,20H,4,8-11,13H2,1-3H3. The molecule has 1 fully saturated rings. The van der Waals surface area contributed by atoms with E-state index in [0.717, 1.165) is 36.4 Å². The quantitative estimate of drug-likeness (QED) is 0.798. The average Bonchev–Trinajstić information content (AvgIpc) is 2.77. The summed E-state index contributed by atoms with van der Waals surface area (Å²) in [5, 5.41) is 4.51. The monoisotopic (exact) mass is 308 g/mol. The van der Waals surface area contributed by atoms with Gasteiger partial charge in [0, 0.05) is 30.2 Å². The maximum atomic E-state index is 6.15. The molecule has 0 spiro atoms. The van der Waals surface area contributed by atoms with Crippen molar-refractivity contribution < 1.29 is 0 Å². The van der Waals surface area contributed by atoms with Crippen LogP contribution >= 0.6 is 11.6 Å². The van der Waals surface area contributed by atoms with E-state index in [1.807, 2.05) is 6.07 Å². The minimum Gasteiger partial charge on any atom is -0.310 e. The van der Waals surface area contributed by atoms with Gasteiger partial charge in [-0.15, -0.1) is 0 Å². The molecule has 3 unspecified atom stereocenters. The third-order valence-electron chi connectivity index (χ3n) is 4.51. The molecule has 1 aromatic carbocycles. The van der Waals surface area contributed by atoms with E-state index in [0.29, 0.717) is 6.04 Å². The number of rotatable bonds is 7. The zero-order valence-corrected chi connectivity index (χ0v) is 14.4. The van der Waals surface area contributed by atoms with Crippen molar-refractivity contribution in [2.45, 2.75) is 52.1 Å². The van der Waals surface area contributed by atoms with Gasteiger partial charge in [0.25, 0.3) is 0 Å². The normalized spacial score (nSPS) is 24.4. The van der Waals surface area contributed by atoms with Crippen molar-refractivity contribution in [2.75, 3.05) is 19.6 Å². The van der Waals surface area contributed by atoms with Crippen LogP contribution in [0.25, 0.3) is 0 Å². The molecule has 0 saturated carbocycles. The Morgan fingerprint density at radius 2 is 2.19 bits per heavy atom. The van der Waals surface area contributed by atoms with Crippen LogP contribution in [0.15, 0.2) is 24.3 Å². The van der Waals surface area contributed by atoms with Gasteiger partial charge in [0.05, 0.1) is 0 Å². The lowest BCUT2D eigenvalue weighted by Crippen LogP contribution is -2.32. The Hall–Kier alpha value is -0.570. The molecule has 118 valence electrons. The minimum atomic E-state index is 0.409. The third-order valence-corrected chi connectivity index (χ3v) is 4.74. The first-order chi connectivity index (χ1) is 10.1. The molecule has 1 aromatic rings. The van der Waals surface area contributed by atoms with Crippen molar-refractivity contribution in [3.8, 4) is 0 Å². The van der Waals surface area contributed by atoms with Crippen molar-refractivity contribution in [3.05, 3.63) is 34.9 Å². The molecule has 0 bridgehead atoms. The maximum absolute atomic E-state index is 6.15. The number of likely N-dealkylation sites (tertiary alicyclic amines) is 1. The first-order valence-corrected chi connectivity index (χ1v) is 8.70. The zero-order chi connectivity index (χ0) is 15.2. The Morgan fingerprint density at radius 3 is 2.81 bits per heavy atom. The Bertz CT molecular complexity index is 435. The van der Waals surface area contributed by atoms with Crippen LogP contribution in [0.2, 0.25) is 5.02 Å². The van der Waals surface area contributed by atoms with Crippen LogP contribution in [-0.2, 0) is 0 Å². The van der Waals surface area contributed by atoms with Crippen molar-refractivity contribution in [2.24, 2.45) is 5.92 Å². The summed E-state index contributed by atoms with van der Waals surface area (Å²) in [7, 11) is 0. The molecule has 3 atom stereocenters. The van der Waals surface area contributed by atoms with Crippen LogP contribution in [-0.4, -0.2) is 30.6 Å². The Morgan fingerprint density at radius 1 is 1.38 bits per heavy atom. The molecule has 0 amide bonds. The second-order valence-electron chi connectivity index (χ2n) is 6.54. The van der Waals surface area contributed by atoms with Crippen LogP contribution in [0, 0.1) is 5.92 Å². The molecule has 0 aromatic heterocycles. The van der Waals surface area contributed by atoms with Crippen molar-refractivity contribution in [1.82, 2.24) is 10.2 Å². The number of hydrogen-bond acceptors (Lipinski definition) is 2. The van der Waals surface area contributed by atoms with E-state index in [9.17, 15) is 0 Å². The van der Waals surface area contributed by atoms with E-state index in [1.165, 1.54) is 25.1 Å². The summed E-state index contributed by atoms with van der Waals surface area (Å²) in [6.07, 6.45) is 3.65. The molecule has 0 radical (unpaired) electrons. The predicted molar refractivity (Wildman–Crippen MR) is 91.9 cm³/mol. The summed E-state index contributed by atoms with van der Waals surface area (Å²) in [6, 6.07) is 9.43. The molecule has 0 aliphatic carbocycles. The molecule has 1 aliphatic rings. The van der Waals surface area contributed by atoms with Crippen molar-refractivity contribution >= 4 is 11.6 Å². The highest BCUT2D eigenvalue weighted by Crippen LogP contribution is 2.25. The second-order valence-corrected chi connectivity index (χ2v) is 6.97. The molecule has 1 heterocycles. The largest absolute Gasteiger partial charge is 0.310 e. The summed E-state index contributed by atoms with van der Waals surface area (Å²) in [6.45, 7) is 10.4. The highest BCUT2D eigenvalue weighted by molar-refractivity contribution is 6.30. The molecule has 21 heavy (non-hydrogen) atoms. The van der Waals surface area contributed by atoms with Crippen LogP contribution < -0.4 is 5.32 Å². The van der Waals surface area contributed by atoms with E-state index < -0.39 is 0 Å². The number of nitrogens with zero attached hydrogens (tertiary/aromatic N) is 1. The lowest BCUT2D eigenvalue weighted by atomic mass is 10.0. The zero-order valence-electron chi connectivity index (χ0n) is 13.6. The van der Waals surface area contributed by atoms with E-state index in [2.05, 4.69) is 49.2 Å². The molecular formula is C18H29ClN2. The van der Waals surface area contributed by atoms with Gasteiger partial charge >= 0.3 is 0 Å². The molecule has 2 rings (SSSR count). The summed E-state index contributed by atoms with van der Waals surface area (Å²) in [4.78, 5) is 2.63. The Labute approximate surface area is 134 Å². The van der Waals surface area contributed by atoms with E-state index in [-0.39, 0.29) is 0 Å². The van der Waals surface area contributed by atoms with Gasteiger partial charge in [-0.05, 0) is 56.3 Å². The number of benzene rings is 1. The third kappa shape index (κ3) is 4.98. The van der Waals surface area contributed by atoms with Gasteiger partial charge in [-0.3, -0.25) is 0 Å². The number of nitrogens with one attached hydrogen (secondary N) is 1. The Kier molecular flexibility index (Phi) is 6.53. The summed E-state index contributed by atoms with van der Waals surface area (Å²) < 4.78 is 0. The average molecular weight is 309 g/mol. The molecule has 1 aliphatic heterocycles. The summed E-state index contributed by atoms with van der Waals surface area (Å²) in [5.41, 5.74) is 1.32. The van der Waals surface area contributed by atoms with Crippen LogP contribution in [0.1, 0.15) is 51.6 Å². The fourth-order valence-corrected chi connectivity index (χ4v) is 3.62. The van der Waals surface area contributed by atoms with E-state index in [1.54, 1.807) is 0 Å². The number of hydrogen-bond donors (Lipinski definition) is 1. The highest BCUT2D eigenvalue weighted by Gasteiger charge is 2.26. The van der Waals surface area contributed by atoms with Crippen LogP contribution in [0.4, 0.5) is 0 Å². The highest BCUT2D eigenvalue weighted by atomic mass is 35.5. The van der Waals surface area contributed by atoms with Crippen LogP contribution in [0.3, 0.4) is 0 Å². The van der Waals surface area contributed by atoms with Gasteiger partial charge in [0.15, 0.2) is 0 Å². The van der Waals surface area contributed by atoms with Crippen molar-refractivity contribution in [3.63, 3.8) is 0 Å². The topological polar surface area (TPSA) is 15.3 Å². The fraction of sp³-hybridized carbons (Fsp3) is 0.667. The maximum Gasteiger partial charge on any atom is 0.0409 e. The molecule has 3 heteroatoms. The molecule has 1 saturated heterocycles. The lowest BCUT2D eigenvalue weighted by molar-refractivity contribution is 0.248. The second kappa shape index (κ2) is 8.17. The fourth-order valence-electron chi connectivity index (χ4n) is 3.42. The molecule has 2 nitrogen and oxygen atoms in total.